The van der Waals surface area contributed by atoms with Gasteiger partial charge in [0.2, 0.25) is 11.9 Å². The fourth-order valence-corrected chi connectivity index (χ4v) is 2.14. The summed E-state index contributed by atoms with van der Waals surface area (Å²) in [4.78, 5) is 27.7. The summed E-state index contributed by atoms with van der Waals surface area (Å²) in [6.45, 7) is 1.91. The second-order valence-corrected chi connectivity index (χ2v) is 4.60. The van der Waals surface area contributed by atoms with E-state index in [-0.39, 0.29) is 18.2 Å². The van der Waals surface area contributed by atoms with Gasteiger partial charge in [-0.1, -0.05) is 18.2 Å². The number of para-hydroxylation sites is 1. The fourth-order valence-electron chi connectivity index (χ4n) is 2.14. The van der Waals surface area contributed by atoms with E-state index in [2.05, 4.69) is 20.7 Å². The lowest BCUT2D eigenvalue weighted by molar-refractivity contribution is -0.123. The summed E-state index contributed by atoms with van der Waals surface area (Å²) >= 11 is 0. The minimum absolute atomic E-state index is 0.0243. The van der Waals surface area contributed by atoms with Crippen LogP contribution in [0.5, 0.6) is 0 Å². The van der Waals surface area contributed by atoms with Crippen molar-refractivity contribution in [1.29, 1.82) is 0 Å². The van der Waals surface area contributed by atoms with Gasteiger partial charge in [-0.25, -0.2) is 4.68 Å². The Morgan fingerprint density at radius 1 is 1.45 bits per heavy atom. The van der Waals surface area contributed by atoms with Gasteiger partial charge in [0.05, 0.1) is 6.42 Å². The van der Waals surface area contributed by atoms with E-state index < -0.39 is 6.04 Å². The molecule has 2 heterocycles. The van der Waals surface area contributed by atoms with Crippen LogP contribution in [0.25, 0.3) is 0 Å². The van der Waals surface area contributed by atoms with Gasteiger partial charge >= 0.3 is 0 Å². The fraction of sp³-hybridized carbons (Fsp3) is 0.231. The molecule has 1 aliphatic rings. The average molecular weight is 271 g/mol. The van der Waals surface area contributed by atoms with Crippen LogP contribution in [0.1, 0.15) is 18.0 Å². The van der Waals surface area contributed by atoms with Crippen LogP contribution in [0.15, 0.2) is 30.6 Å². The Kier molecular flexibility index (Phi) is 2.94. The van der Waals surface area contributed by atoms with Gasteiger partial charge in [-0.3, -0.25) is 14.9 Å². The maximum absolute atomic E-state index is 12.0. The normalized spacial score (nSPS) is 16.6. The minimum atomic E-state index is -0.642. The van der Waals surface area contributed by atoms with E-state index in [0.29, 0.717) is 5.95 Å². The van der Waals surface area contributed by atoms with Gasteiger partial charge < -0.3 is 5.32 Å². The van der Waals surface area contributed by atoms with Crippen molar-refractivity contribution >= 4 is 23.5 Å². The smallest absolute Gasteiger partial charge is 0.252 e. The molecule has 102 valence electrons. The molecular weight excluding hydrogens is 258 g/mol. The third-order valence-corrected chi connectivity index (χ3v) is 3.20. The molecule has 2 amide bonds. The molecule has 0 fully saturated rings. The molecule has 2 aromatic rings. The van der Waals surface area contributed by atoms with Gasteiger partial charge in [0.15, 0.2) is 0 Å². The zero-order chi connectivity index (χ0) is 14.1. The topological polar surface area (TPSA) is 88.9 Å². The summed E-state index contributed by atoms with van der Waals surface area (Å²) in [7, 11) is 0. The summed E-state index contributed by atoms with van der Waals surface area (Å²) in [5, 5.41) is 9.33. The molecular formula is C13H13N5O2. The highest BCUT2D eigenvalue weighted by molar-refractivity contribution is 6.01. The highest BCUT2D eigenvalue weighted by Gasteiger charge is 2.33. The number of aryl methyl sites for hydroxylation is 1. The first-order valence-electron chi connectivity index (χ1n) is 6.21. The summed E-state index contributed by atoms with van der Waals surface area (Å²) in [6.07, 6.45) is 1.37. The van der Waals surface area contributed by atoms with E-state index in [0.717, 1.165) is 11.3 Å². The molecule has 1 aliphatic heterocycles. The van der Waals surface area contributed by atoms with E-state index in [1.165, 1.54) is 11.0 Å². The Labute approximate surface area is 115 Å². The number of fused-ring (bicyclic) bond motifs is 1. The molecule has 7 nitrogen and oxygen atoms in total. The van der Waals surface area contributed by atoms with Crippen LogP contribution < -0.4 is 10.6 Å². The van der Waals surface area contributed by atoms with Gasteiger partial charge in [-0.2, -0.15) is 10.1 Å². The Morgan fingerprint density at radius 2 is 2.25 bits per heavy atom. The largest absolute Gasteiger partial charge is 0.326 e. The van der Waals surface area contributed by atoms with Crippen LogP contribution in [0.4, 0.5) is 11.6 Å². The van der Waals surface area contributed by atoms with Crippen LogP contribution >= 0.6 is 0 Å². The predicted octanol–water partition coefficient (Wildman–Crippen LogP) is 1.11. The first-order valence-corrected chi connectivity index (χ1v) is 6.21. The Bertz CT molecular complexity index is 679. The first-order chi connectivity index (χ1) is 9.65. The molecule has 0 aliphatic carbocycles. The molecule has 20 heavy (non-hydrogen) atoms. The van der Waals surface area contributed by atoms with E-state index in [1.807, 2.05) is 31.2 Å². The average Bonchev–Trinajstić information content (AvgIpc) is 2.96. The number of hydrogen-bond acceptors (Lipinski definition) is 4. The third-order valence-electron chi connectivity index (χ3n) is 3.20. The van der Waals surface area contributed by atoms with Crippen molar-refractivity contribution in [3.05, 3.63) is 36.2 Å². The second kappa shape index (κ2) is 4.76. The van der Waals surface area contributed by atoms with Crippen molar-refractivity contribution in [2.75, 3.05) is 10.6 Å². The number of carbonyl (C=O) groups is 2. The number of hydrogen-bond donors (Lipinski definition) is 2. The van der Waals surface area contributed by atoms with Crippen LogP contribution in [-0.4, -0.2) is 26.6 Å². The maximum Gasteiger partial charge on any atom is 0.252 e. The highest BCUT2D eigenvalue weighted by atomic mass is 16.2. The first kappa shape index (κ1) is 12.3. The van der Waals surface area contributed by atoms with Crippen molar-refractivity contribution in [2.24, 2.45) is 0 Å². The number of benzene rings is 1. The Balaban J connectivity index is 1.71. The number of anilines is 2. The van der Waals surface area contributed by atoms with Gasteiger partial charge in [0.1, 0.15) is 12.4 Å². The standard InChI is InChI=1S/C13H13N5O2/c1-8-4-2-3-5-9(8)16-11(19)6-10-12(20)17-13-14-7-15-18(10)13/h2-5,7,10H,6H2,1H3,(H,16,19)(H,14,15,17,20)/t10-/m0/s1. The zero-order valence-electron chi connectivity index (χ0n) is 10.8. The number of nitrogens with zero attached hydrogens (tertiary/aromatic N) is 3. The third kappa shape index (κ3) is 2.13. The van der Waals surface area contributed by atoms with E-state index in [9.17, 15) is 9.59 Å². The van der Waals surface area contributed by atoms with Gasteiger partial charge in [-0.15, -0.1) is 0 Å². The zero-order valence-corrected chi connectivity index (χ0v) is 10.8. The monoisotopic (exact) mass is 271 g/mol. The summed E-state index contributed by atoms with van der Waals surface area (Å²) in [6, 6.07) is 6.84. The lowest BCUT2D eigenvalue weighted by Crippen LogP contribution is -2.23. The van der Waals surface area contributed by atoms with Gasteiger partial charge in [0, 0.05) is 5.69 Å². The van der Waals surface area contributed by atoms with Crippen LogP contribution in [0, 0.1) is 6.92 Å². The van der Waals surface area contributed by atoms with E-state index >= 15 is 0 Å². The number of rotatable bonds is 3. The van der Waals surface area contributed by atoms with Crippen LogP contribution in [-0.2, 0) is 9.59 Å². The molecule has 0 saturated carbocycles. The van der Waals surface area contributed by atoms with E-state index in [1.54, 1.807) is 0 Å². The molecule has 1 aromatic heterocycles. The van der Waals surface area contributed by atoms with Gasteiger partial charge in [0.25, 0.3) is 5.91 Å². The number of aromatic nitrogens is 3. The van der Waals surface area contributed by atoms with Crippen LogP contribution in [0.2, 0.25) is 0 Å². The van der Waals surface area contributed by atoms with Crippen LogP contribution in [0.3, 0.4) is 0 Å². The lowest BCUT2D eigenvalue weighted by Gasteiger charge is -2.11. The summed E-state index contributed by atoms with van der Waals surface area (Å²) in [5.41, 5.74) is 1.72. The molecule has 1 atom stereocenters. The quantitative estimate of drug-likeness (QED) is 0.875. The molecule has 0 unspecified atom stereocenters. The SMILES string of the molecule is Cc1ccccc1NC(=O)C[C@H]1C(=O)Nc2ncnn21. The summed E-state index contributed by atoms with van der Waals surface area (Å²) < 4.78 is 1.43. The van der Waals surface area contributed by atoms with Gasteiger partial charge in [-0.05, 0) is 18.6 Å². The number of nitrogens with one attached hydrogen (secondary N) is 2. The number of amides is 2. The molecule has 1 aromatic carbocycles. The van der Waals surface area contributed by atoms with Crippen molar-refractivity contribution in [3.63, 3.8) is 0 Å². The predicted molar refractivity (Wildman–Crippen MR) is 72.1 cm³/mol. The molecule has 0 saturated heterocycles. The molecule has 2 N–H and O–H groups in total. The lowest BCUT2D eigenvalue weighted by atomic mass is 10.1. The molecule has 3 rings (SSSR count). The highest BCUT2D eigenvalue weighted by Crippen LogP contribution is 2.24. The summed E-state index contributed by atoms with van der Waals surface area (Å²) in [5.74, 6) is -0.118. The molecule has 0 radical (unpaired) electrons. The maximum atomic E-state index is 12.0. The van der Waals surface area contributed by atoms with Crippen molar-refractivity contribution in [1.82, 2.24) is 14.8 Å². The second-order valence-electron chi connectivity index (χ2n) is 4.60. The minimum Gasteiger partial charge on any atom is -0.326 e. The van der Waals surface area contributed by atoms with Crippen molar-refractivity contribution < 1.29 is 9.59 Å². The van der Waals surface area contributed by atoms with Crippen molar-refractivity contribution in [3.8, 4) is 0 Å². The molecule has 0 spiro atoms. The number of carbonyl (C=O) groups excluding carboxylic acids is 2. The van der Waals surface area contributed by atoms with Crippen molar-refractivity contribution in [2.45, 2.75) is 19.4 Å². The molecule has 7 heteroatoms. The molecule has 0 bridgehead atoms. The Morgan fingerprint density at radius 3 is 3.05 bits per heavy atom. The Hall–Kier alpha value is -2.70. The van der Waals surface area contributed by atoms with E-state index in [4.69, 9.17) is 0 Å².